The van der Waals surface area contributed by atoms with Crippen LogP contribution in [0.5, 0.6) is 0 Å². The van der Waals surface area contributed by atoms with Crippen LogP contribution in [0.4, 0.5) is 0 Å². The predicted molar refractivity (Wildman–Crippen MR) is 125 cm³/mol. The minimum Gasteiger partial charge on any atom is -0.342 e. The minimum absolute atomic E-state index is 0.0409. The highest BCUT2D eigenvalue weighted by molar-refractivity contribution is 7.99. The van der Waals surface area contributed by atoms with Crippen LogP contribution >= 0.6 is 11.8 Å². The van der Waals surface area contributed by atoms with Gasteiger partial charge in [0, 0.05) is 19.6 Å². The highest BCUT2D eigenvalue weighted by atomic mass is 32.2. The van der Waals surface area contributed by atoms with E-state index in [1.807, 2.05) is 40.6 Å². The molecule has 7 nitrogen and oxygen atoms in total. The van der Waals surface area contributed by atoms with Gasteiger partial charge in [0.2, 0.25) is 11.7 Å². The van der Waals surface area contributed by atoms with Gasteiger partial charge in [-0.2, -0.15) is 0 Å². The van der Waals surface area contributed by atoms with Gasteiger partial charge in [0.25, 0.3) is 5.56 Å². The summed E-state index contributed by atoms with van der Waals surface area (Å²) in [6.45, 7) is 4.88. The molecule has 0 N–H and O–H groups in total. The third kappa shape index (κ3) is 4.49. The summed E-state index contributed by atoms with van der Waals surface area (Å²) in [4.78, 5) is 27.8. The molecule has 4 rings (SSSR count). The van der Waals surface area contributed by atoms with Gasteiger partial charge in [0.15, 0.2) is 5.16 Å². The normalized spacial score (nSPS) is 15.2. The maximum atomic E-state index is 13.1. The number of aryl methyl sites for hydroxylation is 1. The summed E-state index contributed by atoms with van der Waals surface area (Å²) in [7, 11) is 1.92. The molecule has 2 aromatic heterocycles. The number of fused-ring (bicyclic) bond motifs is 3. The number of hydrogen-bond acceptors (Lipinski definition) is 5. The van der Waals surface area contributed by atoms with Crippen LogP contribution in [0.2, 0.25) is 0 Å². The monoisotopic (exact) mass is 441 g/mol. The van der Waals surface area contributed by atoms with Crippen LogP contribution < -0.4 is 5.56 Å². The molecule has 0 unspecified atom stereocenters. The molecular weight excluding hydrogens is 410 g/mol. The van der Waals surface area contributed by atoms with Gasteiger partial charge in [0.1, 0.15) is 0 Å². The number of amides is 1. The van der Waals surface area contributed by atoms with Crippen LogP contribution in [0, 0.1) is 5.92 Å². The summed E-state index contributed by atoms with van der Waals surface area (Å²) >= 11 is 1.39. The smallest absolute Gasteiger partial charge is 0.262 e. The number of aromatic nitrogens is 4. The van der Waals surface area contributed by atoms with Crippen molar-refractivity contribution in [1.82, 2.24) is 24.1 Å². The first-order valence-corrected chi connectivity index (χ1v) is 12.2. The predicted octanol–water partition coefficient (Wildman–Crippen LogP) is 3.97. The highest BCUT2D eigenvalue weighted by Gasteiger charge is 2.23. The maximum absolute atomic E-state index is 13.1. The third-order valence-electron chi connectivity index (χ3n) is 6.25. The maximum Gasteiger partial charge on any atom is 0.262 e. The average Bonchev–Trinajstić information content (AvgIpc) is 3.21. The van der Waals surface area contributed by atoms with E-state index >= 15 is 0 Å². The van der Waals surface area contributed by atoms with Gasteiger partial charge < -0.3 is 4.90 Å². The molecule has 1 aromatic carbocycles. The largest absolute Gasteiger partial charge is 0.342 e. The van der Waals surface area contributed by atoms with Gasteiger partial charge in [-0.1, -0.05) is 57.0 Å². The lowest BCUT2D eigenvalue weighted by Crippen LogP contribution is -2.39. The zero-order chi connectivity index (χ0) is 22.0. The number of hydrogen-bond donors (Lipinski definition) is 0. The fourth-order valence-corrected chi connectivity index (χ4v) is 5.18. The molecule has 1 fully saturated rings. The van der Waals surface area contributed by atoms with Crippen LogP contribution in [0.25, 0.3) is 16.7 Å². The first kappa shape index (κ1) is 21.9. The Bertz CT molecular complexity index is 1130. The molecule has 0 radical (unpaired) electrons. The van der Waals surface area contributed by atoms with Crippen molar-refractivity contribution in [1.29, 1.82) is 0 Å². The van der Waals surface area contributed by atoms with Gasteiger partial charge in [-0.15, -0.1) is 10.2 Å². The zero-order valence-corrected chi connectivity index (χ0v) is 19.4. The van der Waals surface area contributed by atoms with Crippen LogP contribution in [0.3, 0.4) is 0 Å². The Hall–Kier alpha value is -2.35. The molecule has 0 spiro atoms. The molecule has 0 saturated heterocycles. The van der Waals surface area contributed by atoms with Crippen LogP contribution in [0.1, 0.15) is 52.4 Å². The van der Waals surface area contributed by atoms with E-state index in [4.69, 9.17) is 0 Å². The number of benzene rings is 1. The number of para-hydroxylation sites is 1. The topological polar surface area (TPSA) is 72.5 Å². The molecule has 0 bridgehead atoms. The molecule has 31 heavy (non-hydrogen) atoms. The number of nitrogens with zero attached hydrogens (tertiary/aromatic N) is 5. The molecule has 1 aliphatic rings. The van der Waals surface area contributed by atoms with Gasteiger partial charge in [0.05, 0.1) is 16.7 Å². The third-order valence-corrected chi connectivity index (χ3v) is 7.16. The van der Waals surface area contributed by atoms with Crippen LogP contribution in [-0.2, 0) is 11.3 Å². The average molecular weight is 442 g/mol. The number of thioether (sulfide) groups is 1. The fraction of sp³-hybridized carbons (Fsp3) is 0.565. The lowest BCUT2D eigenvalue weighted by molar-refractivity contribution is -0.129. The van der Waals surface area contributed by atoms with Crippen molar-refractivity contribution in [3.05, 3.63) is 34.6 Å². The van der Waals surface area contributed by atoms with Gasteiger partial charge in [-0.3, -0.25) is 18.6 Å². The summed E-state index contributed by atoms with van der Waals surface area (Å²) < 4.78 is 3.64. The van der Waals surface area contributed by atoms with E-state index in [0.29, 0.717) is 40.6 Å². The van der Waals surface area contributed by atoms with Gasteiger partial charge >= 0.3 is 0 Å². The zero-order valence-electron chi connectivity index (χ0n) is 18.6. The minimum atomic E-state index is -0.0409. The van der Waals surface area contributed by atoms with Crippen LogP contribution in [0.15, 0.2) is 34.2 Å². The van der Waals surface area contributed by atoms with E-state index in [0.717, 1.165) is 24.8 Å². The van der Waals surface area contributed by atoms with Crippen molar-refractivity contribution < 1.29 is 4.79 Å². The Labute approximate surface area is 186 Å². The van der Waals surface area contributed by atoms with Crippen molar-refractivity contribution in [3.63, 3.8) is 0 Å². The van der Waals surface area contributed by atoms with E-state index in [-0.39, 0.29) is 11.5 Å². The Morgan fingerprint density at radius 2 is 1.94 bits per heavy atom. The fourth-order valence-electron chi connectivity index (χ4n) is 4.32. The number of carbonyl (C=O) groups excluding carboxylic acids is 1. The Morgan fingerprint density at radius 1 is 1.19 bits per heavy atom. The van der Waals surface area contributed by atoms with Crippen molar-refractivity contribution in [3.8, 4) is 0 Å². The summed E-state index contributed by atoms with van der Waals surface area (Å²) in [6, 6.07) is 7.90. The molecular formula is C23H31N5O2S. The van der Waals surface area contributed by atoms with Crippen molar-refractivity contribution >= 4 is 34.3 Å². The summed E-state index contributed by atoms with van der Waals surface area (Å²) in [6.07, 6.45) is 6.73. The van der Waals surface area contributed by atoms with Crippen molar-refractivity contribution in [2.24, 2.45) is 5.92 Å². The first-order chi connectivity index (χ1) is 15.0. The standard InChI is InChI=1S/C23H31N5O2S/c1-16(2)13-14-27-21(30)18-11-7-8-12-19(18)28-22(27)24-25-23(28)31-15-20(29)26(3)17-9-5-4-6-10-17/h7-8,11-12,16-17H,4-6,9-10,13-15H2,1-3H3. The number of carbonyl (C=O) groups is 1. The Morgan fingerprint density at radius 3 is 2.68 bits per heavy atom. The quantitative estimate of drug-likeness (QED) is 0.519. The second kappa shape index (κ2) is 9.42. The molecule has 0 aliphatic heterocycles. The molecule has 1 aliphatic carbocycles. The molecule has 2 heterocycles. The second-order valence-corrected chi connectivity index (χ2v) is 9.80. The Balaban J connectivity index is 1.64. The summed E-state index contributed by atoms with van der Waals surface area (Å²) in [5.41, 5.74) is 0.740. The van der Waals surface area contributed by atoms with Gasteiger partial charge in [-0.05, 0) is 37.3 Å². The lowest BCUT2D eigenvalue weighted by Gasteiger charge is -2.31. The summed E-state index contributed by atoms with van der Waals surface area (Å²) in [5.74, 6) is 1.45. The number of rotatable bonds is 7. The molecule has 8 heteroatoms. The second-order valence-electron chi connectivity index (χ2n) is 8.86. The highest BCUT2D eigenvalue weighted by Crippen LogP contribution is 2.25. The SMILES string of the molecule is CC(C)CCn1c(=O)c2ccccc2n2c(SCC(=O)N(C)C3CCCCC3)nnc12. The van der Waals surface area contributed by atoms with E-state index in [1.165, 1.54) is 31.0 Å². The van der Waals surface area contributed by atoms with Crippen LogP contribution in [-0.4, -0.2) is 48.8 Å². The molecule has 1 amide bonds. The van der Waals surface area contributed by atoms with Gasteiger partial charge in [-0.25, -0.2) is 0 Å². The molecule has 3 aromatic rings. The molecule has 166 valence electrons. The first-order valence-electron chi connectivity index (χ1n) is 11.2. The Kier molecular flexibility index (Phi) is 6.65. The van der Waals surface area contributed by atoms with Crippen molar-refractivity contribution in [2.45, 2.75) is 70.1 Å². The lowest BCUT2D eigenvalue weighted by atomic mass is 9.94. The molecule has 1 saturated carbocycles. The summed E-state index contributed by atoms with van der Waals surface area (Å²) in [5, 5.41) is 10.0. The van der Waals surface area contributed by atoms with Crippen molar-refractivity contribution in [2.75, 3.05) is 12.8 Å². The van der Waals surface area contributed by atoms with E-state index in [9.17, 15) is 9.59 Å². The van der Waals surface area contributed by atoms with E-state index in [2.05, 4.69) is 24.0 Å². The van der Waals surface area contributed by atoms with E-state index < -0.39 is 0 Å². The molecule has 0 atom stereocenters. The van der Waals surface area contributed by atoms with E-state index in [1.54, 1.807) is 4.57 Å².